The summed E-state index contributed by atoms with van der Waals surface area (Å²) in [5.41, 5.74) is 1.26. The molecule has 2 rings (SSSR count). The van der Waals surface area contributed by atoms with Gasteiger partial charge in [0.05, 0.1) is 18.7 Å². The summed E-state index contributed by atoms with van der Waals surface area (Å²) in [6, 6.07) is 3.52. The Hall–Kier alpha value is -1.19. The van der Waals surface area contributed by atoms with Crippen LogP contribution in [0.2, 0.25) is 5.02 Å². The van der Waals surface area contributed by atoms with E-state index in [1.165, 1.54) is 0 Å². The van der Waals surface area contributed by atoms with Gasteiger partial charge in [0.15, 0.2) is 11.3 Å². The quantitative estimate of drug-likeness (QED) is 0.856. The fourth-order valence-corrected chi connectivity index (χ4v) is 1.84. The first kappa shape index (κ1) is 10.3. The van der Waals surface area contributed by atoms with Crippen molar-refractivity contribution in [3.8, 4) is 5.75 Å². The fraction of sp³-hybridized carbons (Fsp3) is 0.273. The van der Waals surface area contributed by atoms with E-state index in [1.807, 2.05) is 13.0 Å². The number of furan rings is 1. The van der Waals surface area contributed by atoms with Gasteiger partial charge < -0.3 is 14.3 Å². The molecular weight excluding hydrogens is 216 g/mol. The van der Waals surface area contributed by atoms with E-state index >= 15 is 0 Å². The summed E-state index contributed by atoms with van der Waals surface area (Å²) in [4.78, 5) is 0. The number of fused-ring (bicyclic) bond motifs is 1. The molecule has 0 atom stereocenters. The number of aryl methyl sites for hydroxylation is 1. The van der Waals surface area contributed by atoms with Gasteiger partial charge in [-0.3, -0.25) is 0 Å². The Morgan fingerprint density at radius 2 is 2.20 bits per heavy atom. The molecule has 0 fully saturated rings. The Morgan fingerprint density at radius 1 is 1.47 bits per heavy atom. The van der Waals surface area contributed by atoms with Gasteiger partial charge in [-0.15, -0.1) is 0 Å². The third-order valence-electron chi connectivity index (χ3n) is 2.29. The zero-order chi connectivity index (χ0) is 11.0. The first-order chi connectivity index (χ1) is 7.17. The summed E-state index contributed by atoms with van der Waals surface area (Å²) in [7, 11) is 1.56. The molecule has 0 aliphatic heterocycles. The number of halogens is 1. The maximum atomic E-state index is 9.13. The minimum absolute atomic E-state index is 0.116. The predicted octanol–water partition coefficient (Wildman–Crippen LogP) is 2.90. The summed E-state index contributed by atoms with van der Waals surface area (Å²) in [6.07, 6.45) is 0. The average Bonchev–Trinajstić information content (AvgIpc) is 2.61. The van der Waals surface area contributed by atoms with Gasteiger partial charge in [-0.1, -0.05) is 11.6 Å². The number of hydrogen-bond donors (Lipinski definition) is 1. The van der Waals surface area contributed by atoms with E-state index in [2.05, 4.69) is 0 Å². The van der Waals surface area contributed by atoms with Crippen molar-refractivity contribution in [3.05, 3.63) is 28.5 Å². The average molecular weight is 227 g/mol. The van der Waals surface area contributed by atoms with E-state index in [1.54, 1.807) is 13.2 Å². The lowest BCUT2D eigenvalue weighted by Crippen LogP contribution is -1.90. The molecule has 15 heavy (non-hydrogen) atoms. The molecule has 1 aromatic carbocycles. The molecule has 80 valence electrons. The molecule has 0 spiro atoms. The molecule has 0 amide bonds. The van der Waals surface area contributed by atoms with E-state index in [0.29, 0.717) is 21.9 Å². The topological polar surface area (TPSA) is 42.6 Å². The van der Waals surface area contributed by atoms with Crippen molar-refractivity contribution in [2.45, 2.75) is 13.5 Å². The Kier molecular flexibility index (Phi) is 2.59. The summed E-state index contributed by atoms with van der Waals surface area (Å²) in [5, 5.41) is 10.4. The smallest absolute Gasteiger partial charge is 0.177 e. The van der Waals surface area contributed by atoms with Gasteiger partial charge in [0, 0.05) is 10.9 Å². The highest BCUT2D eigenvalue weighted by Crippen LogP contribution is 2.36. The van der Waals surface area contributed by atoms with Crippen LogP contribution in [0.3, 0.4) is 0 Å². The van der Waals surface area contributed by atoms with Crippen LogP contribution in [-0.2, 0) is 6.61 Å². The number of aliphatic hydroxyl groups is 1. The van der Waals surface area contributed by atoms with Crippen LogP contribution >= 0.6 is 11.6 Å². The van der Waals surface area contributed by atoms with Crippen LogP contribution in [0.5, 0.6) is 5.75 Å². The van der Waals surface area contributed by atoms with Gasteiger partial charge in [0.2, 0.25) is 0 Å². The Morgan fingerprint density at radius 3 is 2.80 bits per heavy atom. The molecule has 0 bridgehead atoms. The summed E-state index contributed by atoms with van der Waals surface area (Å²) < 4.78 is 10.7. The predicted molar refractivity (Wildman–Crippen MR) is 58.4 cm³/mol. The maximum absolute atomic E-state index is 9.13. The molecule has 1 N–H and O–H groups in total. The van der Waals surface area contributed by atoms with Gasteiger partial charge >= 0.3 is 0 Å². The second-order valence-electron chi connectivity index (χ2n) is 3.31. The molecule has 1 aromatic heterocycles. The third-order valence-corrected chi connectivity index (χ3v) is 2.74. The standard InChI is InChI=1S/C11H11ClO3/c1-6-3-8-10(12)7(5-13)4-9(14-2)11(8)15-6/h3-4,13H,5H2,1-2H3. The molecule has 0 unspecified atom stereocenters. The fourth-order valence-electron chi connectivity index (χ4n) is 1.59. The minimum Gasteiger partial charge on any atom is -0.493 e. The molecule has 0 saturated heterocycles. The van der Waals surface area contributed by atoms with Gasteiger partial charge in [0.1, 0.15) is 5.76 Å². The molecule has 0 aliphatic rings. The van der Waals surface area contributed by atoms with Crippen LogP contribution in [0.4, 0.5) is 0 Å². The van der Waals surface area contributed by atoms with E-state index in [4.69, 9.17) is 25.9 Å². The number of ether oxygens (including phenoxy) is 1. The molecule has 4 heteroatoms. The van der Waals surface area contributed by atoms with Gasteiger partial charge in [0.25, 0.3) is 0 Å². The van der Waals surface area contributed by atoms with Crippen molar-refractivity contribution in [3.63, 3.8) is 0 Å². The molecule has 1 heterocycles. The Balaban J connectivity index is 2.83. The maximum Gasteiger partial charge on any atom is 0.177 e. The number of hydrogen-bond acceptors (Lipinski definition) is 3. The van der Waals surface area contributed by atoms with E-state index in [0.717, 1.165) is 11.1 Å². The van der Waals surface area contributed by atoms with Crippen LogP contribution in [0.25, 0.3) is 11.0 Å². The molecular formula is C11H11ClO3. The number of methoxy groups -OCH3 is 1. The van der Waals surface area contributed by atoms with Crippen LogP contribution < -0.4 is 4.74 Å². The molecule has 0 radical (unpaired) electrons. The van der Waals surface area contributed by atoms with Gasteiger partial charge in [-0.25, -0.2) is 0 Å². The zero-order valence-corrected chi connectivity index (χ0v) is 9.26. The second kappa shape index (κ2) is 3.76. The minimum atomic E-state index is -0.116. The van der Waals surface area contributed by atoms with Crippen molar-refractivity contribution in [2.75, 3.05) is 7.11 Å². The largest absolute Gasteiger partial charge is 0.493 e. The van der Waals surface area contributed by atoms with Crippen LogP contribution in [0.1, 0.15) is 11.3 Å². The molecule has 3 nitrogen and oxygen atoms in total. The highest BCUT2D eigenvalue weighted by Gasteiger charge is 2.14. The van der Waals surface area contributed by atoms with Gasteiger partial charge in [-0.05, 0) is 19.1 Å². The Labute approximate surface area is 92.2 Å². The normalized spacial score (nSPS) is 10.9. The third kappa shape index (κ3) is 1.58. The lowest BCUT2D eigenvalue weighted by molar-refractivity contribution is 0.281. The number of benzene rings is 1. The first-order valence-electron chi connectivity index (χ1n) is 4.53. The zero-order valence-electron chi connectivity index (χ0n) is 8.50. The van der Waals surface area contributed by atoms with E-state index in [-0.39, 0.29) is 6.61 Å². The van der Waals surface area contributed by atoms with Crippen LogP contribution in [0.15, 0.2) is 16.5 Å². The summed E-state index contributed by atoms with van der Waals surface area (Å²) >= 11 is 6.11. The molecule has 2 aromatic rings. The van der Waals surface area contributed by atoms with Crippen molar-refractivity contribution in [2.24, 2.45) is 0 Å². The number of rotatable bonds is 2. The SMILES string of the molecule is COc1cc(CO)c(Cl)c2cc(C)oc12. The van der Waals surface area contributed by atoms with Gasteiger partial charge in [-0.2, -0.15) is 0 Å². The lowest BCUT2D eigenvalue weighted by atomic mass is 10.1. The second-order valence-corrected chi connectivity index (χ2v) is 3.69. The Bertz CT molecular complexity index is 502. The van der Waals surface area contributed by atoms with Crippen LogP contribution in [-0.4, -0.2) is 12.2 Å². The number of aliphatic hydroxyl groups excluding tert-OH is 1. The van der Waals surface area contributed by atoms with E-state index < -0.39 is 0 Å². The first-order valence-corrected chi connectivity index (χ1v) is 4.91. The van der Waals surface area contributed by atoms with Crippen molar-refractivity contribution in [1.29, 1.82) is 0 Å². The highest BCUT2D eigenvalue weighted by atomic mass is 35.5. The van der Waals surface area contributed by atoms with Crippen molar-refractivity contribution >= 4 is 22.6 Å². The van der Waals surface area contributed by atoms with Crippen molar-refractivity contribution in [1.82, 2.24) is 0 Å². The van der Waals surface area contributed by atoms with Crippen LogP contribution in [0, 0.1) is 6.92 Å². The van der Waals surface area contributed by atoms with E-state index in [9.17, 15) is 0 Å². The summed E-state index contributed by atoms with van der Waals surface area (Å²) in [6.45, 7) is 1.73. The highest BCUT2D eigenvalue weighted by molar-refractivity contribution is 6.36. The van der Waals surface area contributed by atoms with Crippen molar-refractivity contribution < 1.29 is 14.3 Å². The monoisotopic (exact) mass is 226 g/mol. The summed E-state index contributed by atoms with van der Waals surface area (Å²) in [5.74, 6) is 1.35. The molecule has 0 saturated carbocycles. The molecule has 0 aliphatic carbocycles. The lowest BCUT2D eigenvalue weighted by Gasteiger charge is -2.06.